The van der Waals surface area contributed by atoms with Gasteiger partial charge in [0.2, 0.25) is 0 Å². The van der Waals surface area contributed by atoms with E-state index in [4.69, 9.17) is 9.84 Å². The molecule has 0 atom stereocenters. The van der Waals surface area contributed by atoms with Crippen molar-refractivity contribution in [3.05, 3.63) is 40.7 Å². The lowest BCUT2D eigenvalue weighted by atomic mass is 9.88. The quantitative estimate of drug-likeness (QED) is 0.649. The number of carbonyl (C=O) groups excluding carboxylic acids is 2. The van der Waals surface area contributed by atoms with Gasteiger partial charge in [-0.2, -0.15) is 0 Å². The van der Waals surface area contributed by atoms with E-state index in [1.165, 1.54) is 4.90 Å². The van der Waals surface area contributed by atoms with Gasteiger partial charge in [0.15, 0.2) is 0 Å². The van der Waals surface area contributed by atoms with E-state index in [2.05, 4.69) is 5.32 Å². The number of ether oxygens (including phenoxy) is 1. The Bertz CT molecular complexity index is 812. The highest BCUT2D eigenvalue weighted by Crippen LogP contribution is 2.33. The Morgan fingerprint density at radius 1 is 1.33 bits per heavy atom. The van der Waals surface area contributed by atoms with Crippen LogP contribution in [0.25, 0.3) is 0 Å². The molecule has 0 saturated heterocycles. The number of benzene rings is 1. The number of rotatable bonds is 6. The van der Waals surface area contributed by atoms with E-state index in [0.29, 0.717) is 0 Å². The molecule has 8 heteroatoms. The van der Waals surface area contributed by atoms with E-state index in [0.717, 1.165) is 16.9 Å². The zero-order valence-corrected chi connectivity index (χ0v) is 15.8. The number of methoxy groups -OCH3 is 1. The summed E-state index contributed by atoms with van der Waals surface area (Å²) in [7, 11) is 1.58. The van der Waals surface area contributed by atoms with Crippen LogP contribution < -0.4 is 10.1 Å². The molecule has 0 aliphatic carbocycles. The predicted molar refractivity (Wildman–Crippen MR) is 97.3 cm³/mol. The molecule has 1 aliphatic heterocycles. The van der Waals surface area contributed by atoms with E-state index in [-0.39, 0.29) is 18.7 Å². The number of amides is 2. The molecule has 2 rings (SSSR count). The van der Waals surface area contributed by atoms with Crippen LogP contribution in [0.1, 0.15) is 31.4 Å². The van der Waals surface area contributed by atoms with E-state index in [1.54, 1.807) is 27.0 Å². The number of hydrogen-bond acceptors (Lipinski definition) is 5. The molecule has 0 saturated carbocycles. The van der Waals surface area contributed by atoms with Crippen molar-refractivity contribution in [2.24, 2.45) is 0 Å². The third-order valence-electron chi connectivity index (χ3n) is 4.51. The number of nitrogens with zero attached hydrogens (tertiary/aromatic N) is 1. The summed E-state index contributed by atoms with van der Waals surface area (Å²) < 4.78 is 5.24. The van der Waals surface area contributed by atoms with Crippen molar-refractivity contribution >= 4 is 17.8 Å². The van der Waals surface area contributed by atoms with E-state index >= 15 is 0 Å². The van der Waals surface area contributed by atoms with Crippen molar-refractivity contribution in [3.8, 4) is 5.75 Å². The number of aryl methyl sites for hydroxylation is 1. The summed E-state index contributed by atoms with van der Waals surface area (Å²) in [5.41, 5.74) is 0.628. The molecular weight excluding hydrogens is 352 g/mol. The number of carboxylic acids is 1. The zero-order valence-electron chi connectivity index (χ0n) is 15.8. The monoisotopic (exact) mass is 376 g/mol. The molecule has 1 aromatic carbocycles. The van der Waals surface area contributed by atoms with Crippen LogP contribution >= 0.6 is 0 Å². The fourth-order valence-electron chi connectivity index (χ4n) is 3.11. The van der Waals surface area contributed by atoms with E-state index in [9.17, 15) is 19.5 Å². The average Bonchev–Trinajstić information content (AvgIpc) is 2.56. The normalized spacial score (nSPS) is 16.3. The minimum Gasteiger partial charge on any atom is -0.511 e. The highest BCUT2D eigenvalue weighted by atomic mass is 16.5. The van der Waals surface area contributed by atoms with Crippen LogP contribution in [0, 0.1) is 6.92 Å². The van der Waals surface area contributed by atoms with Gasteiger partial charge in [-0.05, 0) is 38.0 Å². The van der Waals surface area contributed by atoms with Gasteiger partial charge in [0, 0.05) is 18.5 Å². The largest absolute Gasteiger partial charge is 0.511 e. The van der Waals surface area contributed by atoms with Crippen LogP contribution in [0.15, 0.2) is 29.5 Å². The molecule has 8 nitrogen and oxygen atoms in total. The Kier molecular flexibility index (Phi) is 5.78. The Morgan fingerprint density at radius 3 is 2.56 bits per heavy atom. The summed E-state index contributed by atoms with van der Waals surface area (Å²) in [5.74, 6) is -2.38. The highest BCUT2D eigenvalue weighted by Gasteiger charge is 2.42. The first-order chi connectivity index (χ1) is 12.6. The Balaban J connectivity index is 2.30. The lowest BCUT2D eigenvalue weighted by Crippen LogP contribution is -2.53. The minimum atomic E-state index is -1.24. The zero-order chi connectivity index (χ0) is 20.4. The molecule has 0 fully saturated rings. The standard InChI is InChI=1S/C19H24N2O6/c1-11-7-12(5-6-14(11)27-4)10-21-18(26)16(13(22)8-19(21,2)3)17(25)20-9-15(23)24/h5-7,22H,8-10H2,1-4H3,(H,20,25)(H,23,24). The topological polar surface area (TPSA) is 116 Å². The molecule has 146 valence electrons. The summed E-state index contributed by atoms with van der Waals surface area (Å²) in [5, 5.41) is 21.0. The number of carboxylic acid groups (broad SMARTS) is 1. The Morgan fingerprint density at radius 2 is 2.00 bits per heavy atom. The summed E-state index contributed by atoms with van der Waals surface area (Å²) in [6.07, 6.45) is 0.0870. The molecule has 0 bridgehead atoms. The number of hydrogen-bond donors (Lipinski definition) is 3. The van der Waals surface area contributed by atoms with E-state index < -0.39 is 35.4 Å². The van der Waals surface area contributed by atoms with Gasteiger partial charge in [0.05, 0.1) is 7.11 Å². The molecule has 1 heterocycles. The molecule has 0 unspecified atom stereocenters. The number of aliphatic hydroxyl groups excluding tert-OH is 1. The fourth-order valence-corrected chi connectivity index (χ4v) is 3.11. The number of nitrogens with one attached hydrogen (secondary N) is 1. The molecular formula is C19H24N2O6. The minimum absolute atomic E-state index is 0.0870. The number of carbonyl (C=O) groups is 3. The second-order valence-electron chi connectivity index (χ2n) is 7.08. The van der Waals surface area contributed by atoms with Gasteiger partial charge in [-0.1, -0.05) is 12.1 Å². The maximum Gasteiger partial charge on any atom is 0.322 e. The molecule has 2 amide bonds. The van der Waals surface area contributed by atoms with Gasteiger partial charge in [-0.3, -0.25) is 14.4 Å². The van der Waals surface area contributed by atoms with Gasteiger partial charge in [-0.25, -0.2) is 0 Å². The van der Waals surface area contributed by atoms with Crippen molar-refractivity contribution in [2.45, 2.75) is 39.3 Å². The molecule has 1 aromatic rings. The number of aliphatic carboxylic acids is 1. The first kappa shape index (κ1) is 20.3. The lowest BCUT2D eigenvalue weighted by molar-refractivity contribution is -0.140. The van der Waals surface area contributed by atoms with Crippen LogP contribution in [0.4, 0.5) is 0 Å². The maximum absolute atomic E-state index is 12.9. The van der Waals surface area contributed by atoms with Crippen LogP contribution in [-0.2, 0) is 20.9 Å². The van der Waals surface area contributed by atoms with Crippen LogP contribution in [0.5, 0.6) is 5.75 Å². The van der Waals surface area contributed by atoms with Gasteiger partial charge in [0.25, 0.3) is 11.8 Å². The van der Waals surface area contributed by atoms with Crippen molar-refractivity contribution in [2.75, 3.05) is 13.7 Å². The smallest absolute Gasteiger partial charge is 0.322 e. The average molecular weight is 376 g/mol. The maximum atomic E-state index is 12.9. The van der Waals surface area contributed by atoms with Crippen molar-refractivity contribution in [1.29, 1.82) is 0 Å². The van der Waals surface area contributed by atoms with Crippen molar-refractivity contribution < 1.29 is 29.3 Å². The third kappa shape index (κ3) is 4.39. The lowest BCUT2D eigenvalue weighted by Gasteiger charge is -2.42. The summed E-state index contributed by atoms with van der Waals surface area (Å²) in [6.45, 7) is 5.08. The predicted octanol–water partition coefficient (Wildman–Crippen LogP) is 1.53. The third-order valence-corrected chi connectivity index (χ3v) is 4.51. The highest BCUT2D eigenvalue weighted by molar-refractivity contribution is 6.19. The first-order valence-electron chi connectivity index (χ1n) is 8.44. The second-order valence-corrected chi connectivity index (χ2v) is 7.08. The summed E-state index contributed by atoms with van der Waals surface area (Å²) >= 11 is 0. The van der Waals surface area contributed by atoms with Crippen LogP contribution in [-0.4, -0.2) is 52.1 Å². The molecule has 0 spiro atoms. The Labute approximate surface area is 157 Å². The van der Waals surface area contributed by atoms with Crippen LogP contribution in [0.3, 0.4) is 0 Å². The molecule has 0 radical (unpaired) electrons. The molecule has 0 aromatic heterocycles. The first-order valence-corrected chi connectivity index (χ1v) is 8.44. The number of aliphatic hydroxyl groups is 1. The van der Waals surface area contributed by atoms with Crippen molar-refractivity contribution in [1.82, 2.24) is 10.2 Å². The SMILES string of the molecule is COc1ccc(CN2C(=O)C(C(=O)NCC(=O)O)=C(O)CC2(C)C)cc1C. The van der Waals surface area contributed by atoms with Gasteiger partial charge >= 0.3 is 5.97 Å². The van der Waals surface area contributed by atoms with Gasteiger partial charge in [0.1, 0.15) is 23.6 Å². The Hall–Kier alpha value is -3.03. The fraction of sp³-hybridized carbons (Fsp3) is 0.421. The van der Waals surface area contributed by atoms with Gasteiger partial charge < -0.3 is 25.2 Å². The van der Waals surface area contributed by atoms with E-state index in [1.807, 2.05) is 19.1 Å². The van der Waals surface area contributed by atoms with Crippen LogP contribution in [0.2, 0.25) is 0 Å². The summed E-state index contributed by atoms with van der Waals surface area (Å²) in [4.78, 5) is 37.3. The van der Waals surface area contributed by atoms with Gasteiger partial charge in [-0.15, -0.1) is 0 Å². The molecule has 1 aliphatic rings. The second kappa shape index (κ2) is 7.69. The molecule has 27 heavy (non-hydrogen) atoms. The molecule has 3 N–H and O–H groups in total. The summed E-state index contributed by atoms with van der Waals surface area (Å²) in [6, 6.07) is 5.53. The van der Waals surface area contributed by atoms with Crippen molar-refractivity contribution in [3.63, 3.8) is 0 Å².